The largest absolute Gasteiger partial charge is 0.444 e. The van der Waals surface area contributed by atoms with Gasteiger partial charge in [-0.25, -0.2) is 4.79 Å². The van der Waals surface area contributed by atoms with Crippen molar-refractivity contribution >= 4 is 6.09 Å². The van der Waals surface area contributed by atoms with Crippen molar-refractivity contribution in [3.63, 3.8) is 0 Å². The molecular weight excluding hydrogens is 310 g/mol. The first-order chi connectivity index (χ1) is 11.3. The zero-order valence-corrected chi connectivity index (χ0v) is 14.9. The Morgan fingerprint density at radius 1 is 1.46 bits per heavy atom. The third-order valence-electron chi connectivity index (χ3n) is 4.74. The molecule has 1 aromatic heterocycles. The molecule has 134 valence electrons. The normalized spacial score (nSPS) is 23.2. The summed E-state index contributed by atoms with van der Waals surface area (Å²) >= 11 is 0. The predicted molar refractivity (Wildman–Crippen MR) is 87.8 cm³/mol. The number of rotatable bonds is 1. The summed E-state index contributed by atoms with van der Waals surface area (Å²) in [6, 6.07) is -0.136. The number of hydrogen-bond acceptors (Lipinski definition) is 5. The Balaban J connectivity index is 1.76. The van der Waals surface area contributed by atoms with Crippen LogP contribution in [0, 0.1) is 6.92 Å². The maximum Gasteiger partial charge on any atom is 0.410 e. The Bertz CT molecular complexity index is 612. The Morgan fingerprint density at radius 2 is 2.12 bits per heavy atom. The predicted octanol–water partition coefficient (Wildman–Crippen LogP) is 1.98. The molecule has 0 saturated carbocycles. The van der Waals surface area contributed by atoms with Gasteiger partial charge in [0.05, 0.1) is 31.1 Å². The number of piperidine rings is 1. The van der Waals surface area contributed by atoms with Crippen molar-refractivity contribution in [3.8, 4) is 0 Å². The molecule has 24 heavy (non-hydrogen) atoms. The minimum Gasteiger partial charge on any atom is -0.444 e. The summed E-state index contributed by atoms with van der Waals surface area (Å²) in [5.74, 6) is 0. The standard InChI is InChI=1S/C17H27N3O4/c1-12-9-18-20-13(10-21)11-23-17(14(12)20)5-7-19(8-6-17)15(22)24-16(2,3)4/h9,13,21H,5-8,10-11H2,1-4H3. The van der Waals surface area contributed by atoms with E-state index in [9.17, 15) is 9.90 Å². The van der Waals surface area contributed by atoms with Crippen molar-refractivity contribution in [1.29, 1.82) is 0 Å². The van der Waals surface area contributed by atoms with Crippen molar-refractivity contribution in [1.82, 2.24) is 14.7 Å². The van der Waals surface area contributed by atoms with E-state index in [4.69, 9.17) is 9.47 Å². The van der Waals surface area contributed by atoms with Gasteiger partial charge < -0.3 is 19.5 Å². The van der Waals surface area contributed by atoms with E-state index < -0.39 is 11.2 Å². The van der Waals surface area contributed by atoms with Crippen molar-refractivity contribution in [3.05, 3.63) is 17.5 Å². The Morgan fingerprint density at radius 3 is 2.71 bits per heavy atom. The van der Waals surface area contributed by atoms with Gasteiger partial charge >= 0.3 is 6.09 Å². The second-order valence-electron chi connectivity index (χ2n) is 7.73. The monoisotopic (exact) mass is 337 g/mol. The molecule has 1 N–H and O–H groups in total. The molecule has 1 amide bonds. The van der Waals surface area contributed by atoms with Crippen molar-refractivity contribution in [2.24, 2.45) is 0 Å². The average Bonchev–Trinajstić information content (AvgIpc) is 2.90. The minimum absolute atomic E-state index is 0.00817. The van der Waals surface area contributed by atoms with Crippen molar-refractivity contribution in [2.75, 3.05) is 26.3 Å². The van der Waals surface area contributed by atoms with Gasteiger partial charge in [-0.3, -0.25) is 4.68 Å². The zero-order valence-electron chi connectivity index (χ0n) is 14.9. The van der Waals surface area contributed by atoms with E-state index in [1.165, 1.54) is 0 Å². The minimum atomic E-state index is -0.489. The highest BCUT2D eigenvalue weighted by Crippen LogP contribution is 2.42. The van der Waals surface area contributed by atoms with Crippen LogP contribution in [0.15, 0.2) is 6.20 Å². The van der Waals surface area contributed by atoms with Gasteiger partial charge in [0.1, 0.15) is 11.2 Å². The maximum absolute atomic E-state index is 12.3. The number of carbonyl (C=O) groups excluding carboxylic acids is 1. The summed E-state index contributed by atoms with van der Waals surface area (Å²) in [6.45, 7) is 9.26. The molecule has 2 aliphatic rings. The Hall–Kier alpha value is -1.60. The van der Waals surface area contributed by atoms with E-state index in [0.717, 1.165) is 11.3 Å². The summed E-state index contributed by atoms with van der Waals surface area (Å²) in [7, 11) is 0. The Labute approximate surface area is 142 Å². The van der Waals surface area contributed by atoms with E-state index >= 15 is 0 Å². The van der Waals surface area contributed by atoms with Crippen LogP contribution in [0.4, 0.5) is 4.79 Å². The molecule has 7 heteroatoms. The van der Waals surface area contributed by atoms with Gasteiger partial charge in [0, 0.05) is 13.1 Å². The van der Waals surface area contributed by atoms with Crippen LogP contribution in [0.2, 0.25) is 0 Å². The van der Waals surface area contributed by atoms with Crippen LogP contribution in [-0.2, 0) is 15.1 Å². The highest BCUT2D eigenvalue weighted by molar-refractivity contribution is 5.68. The topological polar surface area (TPSA) is 76.8 Å². The third kappa shape index (κ3) is 3.02. The second-order valence-corrected chi connectivity index (χ2v) is 7.73. The molecule has 1 atom stereocenters. The molecule has 7 nitrogen and oxygen atoms in total. The van der Waals surface area contributed by atoms with E-state index in [2.05, 4.69) is 5.10 Å². The molecule has 1 unspecified atom stereocenters. The number of aryl methyl sites for hydroxylation is 1. The second kappa shape index (κ2) is 6.04. The van der Waals surface area contributed by atoms with Crippen LogP contribution < -0.4 is 0 Å². The fourth-order valence-electron chi connectivity index (χ4n) is 3.58. The van der Waals surface area contributed by atoms with Gasteiger partial charge in [-0.1, -0.05) is 0 Å². The number of likely N-dealkylation sites (tertiary alicyclic amines) is 1. The van der Waals surface area contributed by atoms with Crippen molar-refractivity contribution in [2.45, 2.75) is 57.8 Å². The summed E-state index contributed by atoms with van der Waals surface area (Å²) < 4.78 is 13.6. The SMILES string of the molecule is Cc1cnn2c1C1(CCN(C(=O)OC(C)(C)C)CC1)OCC2CO. The van der Waals surface area contributed by atoms with Gasteiger partial charge in [0.25, 0.3) is 0 Å². The van der Waals surface area contributed by atoms with E-state index in [-0.39, 0.29) is 18.7 Å². The average molecular weight is 337 g/mol. The van der Waals surface area contributed by atoms with Crippen LogP contribution >= 0.6 is 0 Å². The molecule has 2 aliphatic heterocycles. The van der Waals surface area contributed by atoms with E-state index in [0.29, 0.717) is 32.5 Å². The quantitative estimate of drug-likeness (QED) is 0.848. The van der Waals surface area contributed by atoms with E-state index in [1.807, 2.05) is 38.6 Å². The number of aliphatic hydroxyl groups is 1. The molecular formula is C17H27N3O4. The summed E-state index contributed by atoms with van der Waals surface area (Å²) in [4.78, 5) is 14.0. The number of hydrogen-bond donors (Lipinski definition) is 1. The van der Waals surface area contributed by atoms with Crippen LogP contribution in [0.5, 0.6) is 0 Å². The first-order valence-electron chi connectivity index (χ1n) is 8.53. The van der Waals surface area contributed by atoms with Gasteiger partial charge in [-0.15, -0.1) is 0 Å². The Kier molecular flexibility index (Phi) is 4.34. The lowest BCUT2D eigenvalue weighted by Crippen LogP contribution is -2.51. The maximum atomic E-state index is 12.3. The van der Waals surface area contributed by atoms with E-state index in [1.54, 1.807) is 4.90 Å². The lowest BCUT2D eigenvalue weighted by atomic mass is 9.84. The van der Waals surface area contributed by atoms with Gasteiger partial charge in [-0.05, 0) is 46.1 Å². The van der Waals surface area contributed by atoms with Gasteiger partial charge in [0.15, 0.2) is 0 Å². The fraction of sp³-hybridized carbons (Fsp3) is 0.765. The lowest BCUT2D eigenvalue weighted by Gasteiger charge is -2.46. The highest BCUT2D eigenvalue weighted by Gasteiger charge is 2.46. The highest BCUT2D eigenvalue weighted by atomic mass is 16.6. The molecule has 3 rings (SSSR count). The first-order valence-corrected chi connectivity index (χ1v) is 8.53. The molecule has 3 heterocycles. The van der Waals surface area contributed by atoms with Gasteiger partial charge in [0.2, 0.25) is 0 Å². The summed E-state index contributed by atoms with van der Waals surface area (Å²) in [6.07, 6.45) is 2.97. The molecule has 0 radical (unpaired) electrons. The number of nitrogens with zero attached hydrogens (tertiary/aromatic N) is 3. The first kappa shape index (κ1) is 17.2. The number of amides is 1. The molecule has 1 saturated heterocycles. The number of aliphatic hydroxyl groups excluding tert-OH is 1. The molecule has 1 spiro atoms. The number of fused-ring (bicyclic) bond motifs is 2. The molecule has 0 aromatic carbocycles. The molecule has 0 bridgehead atoms. The van der Waals surface area contributed by atoms with Crippen LogP contribution in [0.1, 0.15) is 50.9 Å². The molecule has 1 fully saturated rings. The number of ether oxygens (including phenoxy) is 2. The summed E-state index contributed by atoms with van der Waals surface area (Å²) in [5.41, 5.74) is 1.19. The smallest absolute Gasteiger partial charge is 0.410 e. The lowest BCUT2D eigenvalue weighted by molar-refractivity contribution is -0.129. The van der Waals surface area contributed by atoms with Crippen LogP contribution in [0.25, 0.3) is 0 Å². The number of carbonyl (C=O) groups is 1. The van der Waals surface area contributed by atoms with Gasteiger partial charge in [-0.2, -0.15) is 5.10 Å². The molecule has 0 aliphatic carbocycles. The fourth-order valence-corrected chi connectivity index (χ4v) is 3.58. The van der Waals surface area contributed by atoms with Crippen LogP contribution in [-0.4, -0.2) is 57.8 Å². The zero-order chi connectivity index (χ0) is 17.5. The number of aromatic nitrogens is 2. The van der Waals surface area contributed by atoms with Crippen molar-refractivity contribution < 1.29 is 19.4 Å². The summed E-state index contributed by atoms with van der Waals surface area (Å²) in [5, 5.41) is 14.0. The third-order valence-corrected chi connectivity index (χ3v) is 4.74. The van der Waals surface area contributed by atoms with Crippen LogP contribution in [0.3, 0.4) is 0 Å². The molecule has 1 aromatic rings.